The minimum atomic E-state index is 0.0192. The fourth-order valence-corrected chi connectivity index (χ4v) is 4.93. The summed E-state index contributed by atoms with van der Waals surface area (Å²) in [7, 11) is 0. The average Bonchev–Trinajstić information content (AvgIpc) is 3.22. The standard InChI is InChI=1S/C23H26ClN3O2S/c1-15(2)17-5-7-18(8-6-17)29-14-20(28)26-10-12-27(13-11-26)23-25-21-16(3)4-9-19(24)22(21)30-23/h4-9,15H,10-14H2,1-3H3. The first kappa shape index (κ1) is 20.9. The van der Waals surface area contributed by atoms with Gasteiger partial charge in [0.25, 0.3) is 5.91 Å². The number of hydrogen-bond donors (Lipinski definition) is 0. The molecule has 1 aliphatic heterocycles. The van der Waals surface area contributed by atoms with Crippen molar-refractivity contribution >= 4 is 44.2 Å². The Morgan fingerprint density at radius 1 is 1.13 bits per heavy atom. The van der Waals surface area contributed by atoms with Crippen LogP contribution in [0.3, 0.4) is 0 Å². The first-order chi connectivity index (χ1) is 14.4. The van der Waals surface area contributed by atoms with Crippen molar-refractivity contribution < 1.29 is 9.53 Å². The van der Waals surface area contributed by atoms with Gasteiger partial charge in [0.2, 0.25) is 0 Å². The number of piperazine rings is 1. The smallest absolute Gasteiger partial charge is 0.260 e. The summed E-state index contributed by atoms with van der Waals surface area (Å²) < 4.78 is 6.73. The Labute approximate surface area is 186 Å². The molecule has 1 saturated heterocycles. The number of thiazole rings is 1. The molecule has 1 fully saturated rings. The van der Waals surface area contributed by atoms with Crippen LogP contribution in [-0.2, 0) is 4.79 Å². The molecule has 1 aromatic heterocycles. The Balaban J connectivity index is 1.32. The fraction of sp³-hybridized carbons (Fsp3) is 0.391. The first-order valence-electron chi connectivity index (χ1n) is 10.2. The van der Waals surface area contributed by atoms with E-state index < -0.39 is 0 Å². The zero-order valence-electron chi connectivity index (χ0n) is 17.5. The van der Waals surface area contributed by atoms with Gasteiger partial charge in [-0.3, -0.25) is 4.79 Å². The summed E-state index contributed by atoms with van der Waals surface area (Å²) in [6.07, 6.45) is 0. The molecule has 7 heteroatoms. The fourth-order valence-electron chi connectivity index (χ4n) is 3.56. The predicted molar refractivity (Wildman–Crippen MR) is 124 cm³/mol. The number of aromatic nitrogens is 1. The van der Waals surface area contributed by atoms with Crippen molar-refractivity contribution in [3.63, 3.8) is 0 Å². The Morgan fingerprint density at radius 2 is 1.83 bits per heavy atom. The van der Waals surface area contributed by atoms with Crippen LogP contribution in [0.4, 0.5) is 5.13 Å². The second-order valence-electron chi connectivity index (χ2n) is 7.92. The van der Waals surface area contributed by atoms with E-state index in [1.54, 1.807) is 11.3 Å². The number of anilines is 1. The predicted octanol–water partition coefficient (Wildman–Crippen LogP) is 5.11. The normalized spacial score (nSPS) is 14.6. The van der Waals surface area contributed by atoms with Crippen LogP contribution in [0.5, 0.6) is 5.75 Å². The number of nitrogens with zero attached hydrogens (tertiary/aromatic N) is 3. The van der Waals surface area contributed by atoms with Crippen LogP contribution in [-0.4, -0.2) is 48.6 Å². The van der Waals surface area contributed by atoms with Gasteiger partial charge in [-0.2, -0.15) is 0 Å². The first-order valence-corrected chi connectivity index (χ1v) is 11.4. The maximum absolute atomic E-state index is 12.6. The van der Waals surface area contributed by atoms with Crippen LogP contribution in [0.15, 0.2) is 36.4 Å². The lowest BCUT2D eigenvalue weighted by atomic mass is 10.0. The van der Waals surface area contributed by atoms with Gasteiger partial charge in [0, 0.05) is 26.2 Å². The molecule has 0 saturated carbocycles. The number of aryl methyl sites for hydroxylation is 1. The third kappa shape index (κ3) is 4.40. The van der Waals surface area contributed by atoms with Crippen molar-refractivity contribution in [3.8, 4) is 5.75 Å². The lowest BCUT2D eigenvalue weighted by Gasteiger charge is -2.34. The van der Waals surface area contributed by atoms with Crippen molar-refractivity contribution in [1.29, 1.82) is 0 Å². The molecule has 0 N–H and O–H groups in total. The highest BCUT2D eigenvalue weighted by Gasteiger charge is 2.24. The molecule has 158 valence electrons. The minimum Gasteiger partial charge on any atom is -0.484 e. The van der Waals surface area contributed by atoms with Gasteiger partial charge in [0.1, 0.15) is 5.75 Å². The van der Waals surface area contributed by atoms with Gasteiger partial charge < -0.3 is 14.5 Å². The summed E-state index contributed by atoms with van der Waals surface area (Å²) in [4.78, 5) is 21.5. The number of rotatable bonds is 5. The van der Waals surface area contributed by atoms with E-state index in [4.69, 9.17) is 21.3 Å². The molecule has 0 atom stereocenters. The molecule has 1 amide bonds. The van der Waals surface area contributed by atoms with E-state index in [1.807, 2.05) is 29.2 Å². The van der Waals surface area contributed by atoms with Crippen molar-refractivity contribution in [3.05, 3.63) is 52.5 Å². The maximum Gasteiger partial charge on any atom is 0.260 e. The van der Waals surface area contributed by atoms with Crippen molar-refractivity contribution in [1.82, 2.24) is 9.88 Å². The molecule has 0 radical (unpaired) electrons. The lowest BCUT2D eigenvalue weighted by Crippen LogP contribution is -2.50. The highest BCUT2D eigenvalue weighted by Crippen LogP contribution is 2.35. The van der Waals surface area contributed by atoms with E-state index in [-0.39, 0.29) is 12.5 Å². The zero-order valence-corrected chi connectivity index (χ0v) is 19.1. The number of ether oxygens (including phenoxy) is 1. The number of hydrogen-bond acceptors (Lipinski definition) is 5. The number of benzene rings is 2. The van der Waals surface area contributed by atoms with Crippen LogP contribution >= 0.6 is 22.9 Å². The quantitative estimate of drug-likeness (QED) is 0.549. The highest BCUT2D eigenvalue weighted by molar-refractivity contribution is 7.22. The van der Waals surface area contributed by atoms with Gasteiger partial charge in [-0.15, -0.1) is 0 Å². The molecule has 30 heavy (non-hydrogen) atoms. The average molecular weight is 444 g/mol. The molecule has 1 aliphatic rings. The second kappa shape index (κ2) is 8.82. The van der Waals surface area contributed by atoms with Crippen LogP contribution in [0.1, 0.15) is 30.9 Å². The van der Waals surface area contributed by atoms with Gasteiger partial charge in [-0.1, -0.05) is 55.0 Å². The third-order valence-corrected chi connectivity index (χ3v) is 7.07. The lowest BCUT2D eigenvalue weighted by molar-refractivity contribution is -0.133. The third-order valence-electron chi connectivity index (χ3n) is 5.50. The molecule has 5 nitrogen and oxygen atoms in total. The summed E-state index contributed by atoms with van der Waals surface area (Å²) in [6, 6.07) is 11.9. The van der Waals surface area contributed by atoms with Gasteiger partial charge in [0.15, 0.2) is 11.7 Å². The van der Waals surface area contributed by atoms with Crippen LogP contribution in [0.25, 0.3) is 10.2 Å². The molecule has 0 bridgehead atoms. The van der Waals surface area contributed by atoms with E-state index in [2.05, 4.69) is 37.8 Å². The molecule has 0 spiro atoms. The Bertz CT molecular complexity index is 1000. The monoisotopic (exact) mass is 443 g/mol. The van der Waals surface area contributed by atoms with Gasteiger partial charge in [0.05, 0.1) is 15.2 Å². The molecule has 0 aliphatic carbocycles. The van der Waals surface area contributed by atoms with Crippen LogP contribution in [0, 0.1) is 6.92 Å². The number of halogens is 1. The number of carbonyl (C=O) groups excluding carboxylic acids is 1. The number of fused-ring (bicyclic) bond motifs is 1. The minimum absolute atomic E-state index is 0.0192. The number of amides is 1. The van der Waals surface area contributed by atoms with Crippen molar-refractivity contribution in [2.24, 2.45) is 0 Å². The molecule has 3 aromatic rings. The van der Waals surface area contributed by atoms with Crippen molar-refractivity contribution in [2.45, 2.75) is 26.7 Å². The van der Waals surface area contributed by atoms with E-state index in [9.17, 15) is 4.79 Å². The summed E-state index contributed by atoms with van der Waals surface area (Å²) in [5.41, 5.74) is 3.36. The summed E-state index contributed by atoms with van der Waals surface area (Å²) >= 11 is 7.96. The SMILES string of the molecule is Cc1ccc(Cl)c2sc(N3CCN(C(=O)COc4ccc(C(C)C)cc4)CC3)nc12. The summed E-state index contributed by atoms with van der Waals surface area (Å²) in [5.74, 6) is 1.23. The Kier molecular flexibility index (Phi) is 6.16. The largest absolute Gasteiger partial charge is 0.484 e. The van der Waals surface area contributed by atoms with Gasteiger partial charge in [-0.25, -0.2) is 4.98 Å². The van der Waals surface area contributed by atoms with E-state index in [0.717, 1.165) is 44.8 Å². The molecule has 2 heterocycles. The van der Waals surface area contributed by atoms with E-state index in [1.165, 1.54) is 5.56 Å². The van der Waals surface area contributed by atoms with Gasteiger partial charge in [-0.05, 0) is 42.2 Å². The second-order valence-corrected chi connectivity index (χ2v) is 9.30. The summed E-state index contributed by atoms with van der Waals surface area (Å²) in [5, 5.41) is 1.71. The molecular formula is C23H26ClN3O2S. The molecule has 4 rings (SSSR count). The molecular weight excluding hydrogens is 418 g/mol. The number of carbonyl (C=O) groups is 1. The topological polar surface area (TPSA) is 45.7 Å². The van der Waals surface area contributed by atoms with Crippen molar-refractivity contribution in [2.75, 3.05) is 37.7 Å². The Hall–Kier alpha value is -2.31. The van der Waals surface area contributed by atoms with Crippen LogP contribution < -0.4 is 9.64 Å². The van der Waals surface area contributed by atoms with Crippen LogP contribution in [0.2, 0.25) is 5.02 Å². The Morgan fingerprint density at radius 3 is 2.47 bits per heavy atom. The van der Waals surface area contributed by atoms with E-state index in [0.29, 0.717) is 19.0 Å². The highest BCUT2D eigenvalue weighted by atomic mass is 35.5. The summed E-state index contributed by atoms with van der Waals surface area (Å²) in [6.45, 7) is 9.27. The maximum atomic E-state index is 12.6. The molecule has 0 unspecified atom stereocenters. The zero-order chi connectivity index (χ0) is 21.3. The molecule has 2 aromatic carbocycles. The van der Waals surface area contributed by atoms with Gasteiger partial charge >= 0.3 is 0 Å². The van der Waals surface area contributed by atoms with E-state index >= 15 is 0 Å².